The molecule has 7 heteroatoms. The van der Waals surface area contributed by atoms with Crippen LogP contribution in [0.4, 0.5) is 0 Å². The number of H-pyrrole nitrogens is 1. The number of rotatable bonds is 4. The first-order valence-corrected chi connectivity index (χ1v) is 6.30. The summed E-state index contributed by atoms with van der Waals surface area (Å²) < 4.78 is 0.965. The summed E-state index contributed by atoms with van der Waals surface area (Å²) in [6, 6.07) is 7.30. The number of hydrogen-bond donors (Lipinski definition) is 1. The molecule has 1 aromatic carbocycles. The number of nitrogens with zero attached hydrogens (tertiary/aromatic N) is 2. The lowest BCUT2D eigenvalue weighted by Crippen LogP contribution is -2.02. The van der Waals surface area contributed by atoms with Gasteiger partial charge in [0, 0.05) is 10.0 Å². The van der Waals surface area contributed by atoms with Crippen molar-refractivity contribution in [3.05, 3.63) is 40.6 Å². The summed E-state index contributed by atoms with van der Waals surface area (Å²) in [5.41, 5.74) is 0.704. The zero-order valence-corrected chi connectivity index (χ0v) is 12.7. The van der Waals surface area contributed by atoms with Gasteiger partial charge in [-0.05, 0) is 12.1 Å². The first kappa shape index (κ1) is 14.4. The van der Waals surface area contributed by atoms with E-state index in [0.29, 0.717) is 16.5 Å². The second kappa shape index (κ2) is 6.93. The molecule has 0 amide bonds. The maximum absolute atomic E-state index is 11.8. The van der Waals surface area contributed by atoms with Gasteiger partial charge in [0.15, 0.2) is 10.9 Å². The van der Waals surface area contributed by atoms with Gasteiger partial charge in [-0.2, -0.15) is 5.10 Å². The molecule has 1 N–H and O–H groups in total. The Balaban J connectivity index is 0.00000144. The predicted octanol–water partition coefficient (Wildman–Crippen LogP) is 3.12. The Bertz CT molecular complexity index is 473. The summed E-state index contributed by atoms with van der Waals surface area (Å²) in [5, 5.41) is 7.06. The minimum atomic E-state index is 0. The van der Waals surface area contributed by atoms with Gasteiger partial charge in [0.2, 0.25) is 0 Å². The maximum atomic E-state index is 11.8. The number of aromatic amines is 1. The monoisotopic (exact) mass is 377 g/mol. The van der Waals surface area contributed by atoms with Crippen molar-refractivity contribution in [3.63, 3.8) is 0 Å². The van der Waals surface area contributed by atoms with Crippen LogP contribution in [0.2, 0.25) is 0 Å². The third-order valence-corrected chi connectivity index (χ3v) is 3.30. The molecule has 0 aliphatic rings. The highest BCUT2D eigenvalue weighted by Crippen LogP contribution is 2.15. The summed E-state index contributed by atoms with van der Waals surface area (Å²) in [5.74, 6) is 0.436. The van der Waals surface area contributed by atoms with Crippen molar-refractivity contribution < 1.29 is 4.79 Å². The molecule has 0 unspecified atom stereocenters. The maximum Gasteiger partial charge on any atom is 0.183 e. The van der Waals surface area contributed by atoms with Gasteiger partial charge in [0.25, 0.3) is 0 Å². The molecule has 90 valence electrons. The van der Waals surface area contributed by atoms with Crippen LogP contribution in [0.5, 0.6) is 0 Å². The van der Waals surface area contributed by atoms with E-state index in [1.165, 1.54) is 18.1 Å². The van der Waals surface area contributed by atoms with E-state index in [1.807, 2.05) is 12.1 Å². The number of thioether (sulfide) groups is 1. The lowest BCUT2D eigenvalue weighted by atomic mass is 10.2. The molecule has 0 bridgehead atoms. The number of halogens is 2. The van der Waals surface area contributed by atoms with Gasteiger partial charge in [-0.25, -0.2) is 4.98 Å². The Labute approximate surface area is 122 Å². The molecule has 1 aromatic heterocycles. The average molecular weight is 379 g/mol. The molecule has 0 spiro atoms. The fourth-order valence-corrected chi connectivity index (χ4v) is 2.05. The fourth-order valence-electron chi connectivity index (χ4n) is 1.12. The van der Waals surface area contributed by atoms with Crippen molar-refractivity contribution in [3.8, 4) is 0 Å². The highest BCUT2D eigenvalue weighted by Gasteiger charge is 2.07. The zero-order chi connectivity index (χ0) is 11.4. The van der Waals surface area contributed by atoms with E-state index < -0.39 is 0 Å². The molecule has 0 saturated heterocycles. The van der Waals surface area contributed by atoms with Crippen molar-refractivity contribution in [2.45, 2.75) is 5.16 Å². The second-order valence-electron chi connectivity index (χ2n) is 3.01. The van der Waals surface area contributed by atoms with Crippen LogP contribution < -0.4 is 0 Å². The zero-order valence-electron chi connectivity index (χ0n) is 8.59. The van der Waals surface area contributed by atoms with Crippen LogP contribution in [0.15, 0.2) is 40.2 Å². The summed E-state index contributed by atoms with van der Waals surface area (Å²) in [7, 11) is 0. The number of carbonyl (C=O) groups is 1. The van der Waals surface area contributed by atoms with Crippen LogP contribution in [-0.2, 0) is 0 Å². The molecule has 0 radical (unpaired) electrons. The van der Waals surface area contributed by atoms with E-state index in [2.05, 4.69) is 31.1 Å². The van der Waals surface area contributed by atoms with Gasteiger partial charge in [-0.1, -0.05) is 39.8 Å². The Kier molecular flexibility index (Phi) is 5.87. The molecule has 0 saturated carbocycles. The molecule has 0 atom stereocenters. The number of benzene rings is 1. The minimum Gasteiger partial charge on any atom is -0.293 e. The number of Topliss-reactive ketones (excluding diaryl/α,β-unsaturated/α-hetero) is 1. The third kappa shape index (κ3) is 4.25. The van der Waals surface area contributed by atoms with E-state index in [4.69, 9.17) is 0 Å². The Morgan fingerprint density at radius 1 is 1.35 bits per heavy atom. The molecule has 0 fully saturated rings. The van der Waals surface area contributed by atoms with Crippen LogP contribution in [0.1, 0.15) is 10.4 Å². The highest BCUT2D eigenvalue weighted by atomic mass is 79.9. The van der Waals surface area contributed by atoms with Gasteiger partial charge >= 0.3 is 0 Å². The van der Waals surface area contributed by atoms with Crippen molar-refractivity contribution in [2.24, 2.45) is 0 Å². The third-order valence-electron chi connectivity index (χ3n) is 1.90. The van der Waals surface area contributed by atoms with Crippen molar-refractivity contribution in [1.82, 2.24) is 15.2 Å². The topological polar surface area (TPSA) is 58.6 Å². The van der Waals surface area contributed by atoms with Gasteiger partial charge in [-0.15, -0.1) is 17.0 Å². The van der Waals surface area contributed by atoms with E-state index in [-0.39, 0.29) is 22.8 Å². The summed E-state index contributed by atoms with van der Waals surface area (Å²) in [6.45, 7) is 0. The van der Waals surface area contributed by atoms with E-state index in [1.54, 1.807) is 12.1 Å². The van der Waals surface area contributed by atoms with Crippen molar-refractivity contribution in [2.75, 3.05) is 5.75 Å². The largest absolute Gasteiger partial charge is 0.293 e. The molecule has 2 aromatic rings. The number of carbonyl (C=O) groups excluding carboxylic acids is 1. The van der Waals surface area contributed by atoms with Crippen LogP contribution >= 0.6 is 44.7 Å². The van der Waals surface area contributed by atoms with Gasteiger partial charge < -0.3 is 0 Å². The lowest BCUT2D eigenvalue weighted by Gasteiger charge is -1.99. The second-order valence-corrected chi connectivity index (χ2v) is 4.89. The van der Waals surface area contributed by atoms with E-state index in [0.717, 1.165) is 4.47 Å². The van der Waals surface area contributed by atoms with Crippen LogP contribution in [0.25, 0.3) is 0 Å². The average Bonchev–Trinajstić information content (AvgIpc) is 2.80. The summed E-state index contributed by atoms with van der Waals surface area (Å²) >= 11 is 4.67. The smallest absolute Gasteiger partial charge is 0.183 e. The molecule has 4 nitrogen and oxygen atoms in total. The Hall–Kier alpha value is -0.660. The number of ketones is 1. The molecule has 0 aliphatic carbocycles. The van der Waals surface area contributed by atoms with Gasteiger partial charge in [0.05, 0.1) is 5.75 Å². The standard InChI is InChI=1S/C10H8BrN3OS.BrH/c11-8-3-1-7(2-4-8)9(15)5-16-10-12-6-13-14-10;/h1-4,6H,5H2,(H,12,13,14);1H. The quantitative estimate of drug-likeness (QED) is 0.655. The summed E-state index contributed by atoms with van der Waals surface area (Å²) in [6.07, 6.45) is 1.42. The highest BCUT2D eigenvalue weighted by molar-refractivity contribution is 9.10. The van der Waals surface area contributed by atoms with Crippen LogP contribution in [-0.4, -0.2) is 26.7 Å². The van der Waals surface area contributed by atoms with Crippen LogP contribution in [0, 0.1) is 0 Å². The Morgan fingerprint density at radius 2 is 2.06 bits per heavy atom. The van der Waals surface area contributed by atoms with Gasteiger partial charge in [-0.3, -0.25) is 9.89 Å². The molecule has 1 heterocycles. The molecular weight excluding hydrogens is 370 g/mol. The number of hydrogen-bond acceptors (Lipinski definition) is 4. The predicted molar refractivity (Wildman–Crippen MR) is 75.9 cm³/mol. The van der Waals surface area contributed by atoms with Gasteiger partial charge in [0.1, 0.15) is 6.33 Å². The fraction of sp³-hybridized carbons (Fsp3) is 0.100. The number of aromatic nitrogens is 3. The summed E-state index contributed by atoms with van der Waals surface area (Å²) in [4.78, 5) is 15.7. The van der Waals surface area contributed by atoms with Crippen LogP contribution in [0.3, 0.4) is 0 Å². The van der Waals surface area contributed by atoms with Crippen molar-refractivity contribution in [1.29, 1.82) is 0 Å². The minimum absolute atomic E-state index is 0. The van der Waals surface area contributed by atoms with Crippen molar-refractivity contribution >= 4 is 50.5 Å². The molecule has 0 aliphatic heterocycles. The normalized spacial score (nSPS) is 9.71. The Morgan fingerprint density at radius 3 is 2.65 bits per heavy atom. The van der Waals surface area contributed by atoms with E-state index >= 15 is 0 Å². The lowest BCUT2D eigenvalue weighted by molar-refractivity contribution is 0.102. The van der Waals surface area contributed by atoms with E-state index in [9.17, 15) is 4.79 Å². The number of nitrogens with one attached hydrogen (secondary N) is 1. The first-order chi connectivity index (χ1) is 7.75. The first-order valence-electron chi connectivity index (χ1n) is 4.52. The molecule has 17 heavy (non-hydrogen) atoms. The SMILES string of the molecule is Br.O=C(CSc1ncn[nH]1)c1ccc(Br)cc1. The molecule has 2 rings (SSSR count). The molecular formula is C10H9Br2N3OS.